The third-order valence-corrected chi connectivity index (χ3v) is 7.79. The number of carboxylic acid groups (broad SMARTS) is 1. The van der Waals surface area contributed by atoms with Gasteiger partial charge in [-0.15, -0.1) is 0 Å². The summed E-state index contributed by atoms with van der Waals surface area (Å²) in [5.74, 6) is -5.58. The Kier molecular flexibility index (Phi) is 13.4. The first kappa shape index (κ1) is 37.8. The summed E-state index contributed by atoms with van der Waals surface area (Å²) in [6, 6.07) is -1.50. The van der Waals surface area contributed by atoms with Crippen molar-refractivity contribution in [2.75, 3.05) is 26.4 Å². The van der Waals surface area contributed by atoms with Gasteiger partial charge < -0.3 is 89.9 Å². The average Bonchev–Trinajstić information content (AvgIpc) is 2.99. The number of aliphatic carboxylic acids is 1. The number of rotatable bonds is 13. The summed E-state index contributed by atoms with van der Waals surface area (Å²) < 4.78 is 32.6. The molecule has 20 nitrogen and oxygen atoms in total. The normalized spacial score (nSPS) is 43.8. The maximum absolute atomic E-state index is 12.5. The van der Waals surface area contributed by atoms with Gasteiger partial charge in [0, 0.05) is 13.3 Å². The Bertz CT molecular complexity index is 977. The van der Waals surface area contributed by atoms with E-state index >= 15 is 0 Å². The van der Waals surface area contributed by atoms with Crippen LogP contribution in [0.5, 0.6) is 0 Å². The van der Waals surface area contributed by atoms with Crippen molar-refractivity contribution >= 4 is 11.9 Å². The van der Waals surface area contributed by atoms with E-state index in [1.807, 2.05) is 0 Å². The number of hydrogen-bond donors (Lipinski definition) is 12. The smallest absolute Gasteiger partial charge is 0.364 e. The minimum Gasteiger partial charge on any atom is -0.477 e. The largest absolute Gasteiger partial charge is 0.477 e. The number of ether oxygens (including phenoxy) is 6. The van der Waals surface area contributed by atoms with E-state index in [2.05, 4.69) is 5.32 Å². The molecule has 12 N–H and O–H groups in total. The number of carbonyl (C=O) groups excluding carboxylic acids is 1. The second kappa shape index (κ2) is 15.9. The Balaban J connectivity index is 1.76. The van der Waals surface area contributed by atoms with E-state index in [1.54, 1.807) is 0 Å². The Morgan fingerprint density at radius 2 is 1.51 bits per heavy atom. The number of hydrogen-bond acceptors (Lipinski definition) is 18. The maximum atomic E-state index is 12.5. The van der Waals surface area contributed by atoms with E-state index in [-0.39, 0.29) is 6.61 Å². The SMILES string of the molecule is CC(=O)N[C@H]1C(C(O)C(O)CO)O[C@@](OC2C(O)[C@H](OCCO[C@@H]3OC(C)[C@@H](O)C(O)[C@@H]3O)O[C@@H](CO)[C@@H]2O)(C(=O)O)C[C@H]1O. The summed E-state index contributed by atoms with van der Waals surface area (Å²) in [7, 11) is 0. The van der Waals surface area contributed by atoms with Crippen LogP contribution in [0.2, 0.25) is 0 Å². The van der Waals surface area contributed by atoms with Crippen LogP contribution in [-0.2, 0) is 38.0 Å². The van der Waals surface area contributed by atoms with Crippen LogP contribution in [0.25, 0.3) is 0 Å². The fraction of sp³-hybridized carbons (Fsp3) is 0.920. The third-order valence-electron chi connectivity index (χ3n) is 7.79. The quantitative estimate of drug-likeness (QED) is 0.0815. The van der Waals surface area contributed by atoms with Gasteiger partial charge in [0.25, 0.3) is 5.79 Å². The molecule has 7 unspecified atom stereocenters. The molecule has 0 aromatic rings. The van der Waals surface area contributed by atoms with Crippen LogP contribution >= 0.6 is 0 Å². The molecule has 3 aliphatic rings. The Hall–Kier alpha value is -1.70. The van der Waals surface area contributed by atoms with E-state index in [4.69, 9.17) is 28.4 Å². The predicted octanol–water partition coefficient (Wildman–Crippen LogP) is -7.18. The van der Waals surface area contributed by atoms with Crippen molar-refractivity contribution in [1.29, 1.82) is 0 Å². The average molecular weight is 662 g/mol. The summed E-state index contributed by atoms with van der Waals surface area (Å²) in [6.45, 7) is -0.128. The zero-order valence-corrected chi connectivity index (χ0v) is 24.4. The van der Waals surface area contributed by atoms with Crippen molar-refractivity contribution in [3.63, 3.8) is 0 Å². The zero-order chi connectivity index (χ0) is 33.8. The molecule has 20 heteroatoms. The van der Waals surface area contributed by atoms with E-state index in [9.17, 15) is 65.8 Å². The molecular formula is C25H43NO19. The molecule has 0 aromatic heterocycles. The Morgan fingerprint density at radius 3 is 2.04 bits per heavy atom. The summed E-state index contributed by atoms with van der Waals surface area (Å²) in [5.41, 5.74) is 0. The molecule has 45 heavy (non-hydrogen) atoms. The number of aliphatic hydroxyl groups excluding tert-OH is 10. The summed E-state index contributed by atoms with van der Waals surface area (Å²) in [6.07, 6.45) is -24.5. The Labute approximate surface area is 256 Å². The van der Waals surface area contributed by atoms with Gasteiger partial charge in [-0.3, -0.25) is 4.79 Å². The van der Waals surface area contributed by atoms with Gasteiger partial charge in [-0.2, -0.15) is 0 Å². The molecule has 3 saturated heterocycles. The lowest BCUT2D eigenvalue weighted by Gasteiger charge is -2.50. The number of carboxylic acids is 1. The lowest BCUT2D eigenvalue weighted by Crippen LogP contribution is -2.70. The number of amides is 1. The van der Waals surface area contributed by atoms with Gasteiger partial charge in [0.05, 0.1) is 44.7 Å². The predicted molar refractivity (Wildman–Crippen MR) is 139 cm³/mol. The highest BCUT2D eigenvalue weighted by atomic mass is 16.8. The van der Waals surface area contributed by atoms with Crippen LogP contribution in [0, 0.1) is 0 Å². The molecule has 3 fully saturated rings. The van der Waals surface area contributed by atoms with Gasteiger partial charge in [0.15, 0.2) is 12.6 Å². The lowest BCUT2D eigenvalue weighted by atomic mass is 9.88. The molecule has 3 aliphatic heterocycles. The number of nitrogens with one attached hydrogen (secondary N) is 1. The van der Waals surface area contributed by atoms with Crippen molar-refractivity contribution in [3.05, 3.63) is 0 Å². The van der Waals surface area contributed by atoms with E-state index < -0.39 is 136 Å². The fourth-order valence-electron chi connectivity index (χ4n) is 5.28. The summed E-state index contributed by atoms with van der Waals surface area (Å²) >= 11 is 0. The van der Waals surface area contributed by atoms with E-state index in [1.165, 1.54) is 6.92 Å². The molecule has 0 aliphatic carbocycles. The van der Waals surface area contributed by atoms with Gasteiger partial charge in [-0.25, -0.2) is 4.79 Å². The first-order valence-electron chi connectivity index (χ1n) is 14.1. The van der Waals surface area contributed by atoms with Gasteiger partial charge in [-0.1, -0.05) is 0 Å². The monoisotopic (exact) mass is 661 g/mol. The minimum atomic E-state index is -2.94. The molecular weight excluding hydrogens is 618 g/mol. The van der Waals surface area contributed by atoms with Crippen molar-refractivity contribution < 1.29 is 94.2 Å². The summed E-state index contributed by atoms with van der Waals surface area (Å²) in [5, 5.41) is 114. The van der Waals surface area contributed by atoms with Gasteiger partial charge in [-0.05, 0) is 6.92 Å². The number of carbonyl (C=O) groups is 2. The molecule has 0 radical (unpaired) electrons. The fourth-order valence-corrected chi connectivity index (χ4v) is 5.28. The molecule has 16 atom stereocenters. The molecule has 0 spiro atoms. The molecule has 3 heterocycles. The highest BCUT2D eigenvalue weighted by Crippen LogP contribution is 2.37. The van der Waals surface area contributed by atoms with Gasteiger partial charge in [0.2, 0.25) is 5.91 Å². The minimum absolute atomic E-state index is 0.340. The van der Waals surface area contributed by atoms with Crippen LogP contribution in [0.1, 0.15) is 20.3 Å². The van der Waals surface area contributed by atoms with Crippen molar-refractivity contribution in [2.24, 2.45) is 0 Å². The highest BCUT2D eigenvalue weighted by Gasteiger charge is 2.59. The van der Waals surface area contributed by atoms with Crippen LogP contribution in [0.3, 0.4) is 0 Å². The zero-order valence-electron chi connectivity index (χ0n) is 24.4. The lowest BCUT2D eigenvalue weighted by molar-refractivity contribution is -0.370. The van der Waals surface area contributed by atoms with Crippen LogP contribution < -0.4 is 5.32 Å². The molecule has 0 bridgehead atoms. The van der Waals surface area contributed by atoms with Crippen molar-refractivity contribution in [2.45, 2.75) is 118 Å². The molecule has 1 amide bonds. The van der Waals surface area contributed by atoms with Crippen molar-refractivity contribution in [3.8, 4) is 0 Å². The van der Waals surface area contributed by atoms with E-state index in [0.717, 1.165) is 6.92 Å². The molecule has 0 aromatic carbocycles. The van der Waals surface area contributed by atoms with Gasteiger partial charge in [0.1, 0.15) is 61.0 Å². The van der Waals surface area contributed by atoms with Crippen LogP contribution in [-0.4, -0.2) is 192 Å². The number of aliphatic hydroxyl groups is 10. The third kappa shape index (κ3) is 8.43. The topological polar surface area (TPSA) is 324 Å². The Morgan fingerprint density at radius 1 is 0.911 bits per heavy atom. The first-order chi connectivity index (χ1) is 21.1. The molecule has 262 valence electrons. The molecule has 0 saturated carbocycles. The van der Waals surface area contributed by atoms with Crippen LogP contribution in [0.4, 0.5) is 0 Å². The molecule has 3 rings (SSSR count). The first-order valence-corrected chi connectivity index (χ1v) is 14.1. The second-order valence-corrected chi connectivity index (χ2v) is 11.1. The second-order valence-electron chi connectivity index (χ2n) is 11.1. The van der Waals surface area contributed by atoms with Crippen LogP contribution in [0.15, 0.2) is 0 Å². The van der Waals surface area contributed by atoms with Gasteiger partial charge >= 0.3 is 5.97 Å². The summed E-state index contributed by atoms with van der Waals surface area (Å²) in [4.78, 5) is 24.3. The van der Waals surface area contributed by atoms with E-state index in [0.29, 0.717) is 0 Å². The standard InChI is InChI=1S/C25H43NO19/c1-8-14(32)17(35)18(36)22(42-8)40-3-4-41-23-19(37)21(16(34)12(7-28)43-23)45-25(24(38)39)5-10(30)13(26-9(2)29)20(44-25)15(33)11(31)6-27/h8,10-23,27-28,30-37H,3-7H2,1-2H3,(H,26,29)(H,38,39)/t8?,10-,11?,12+,13-,14-,15?,16+,17?,18+,19?,20?,21?,22-,23-,25+/m1/s1. The highest BCUT2D eigenvalue weighted by molar-refractivity contribution is 5.76. The van der Waals surface area contributed by atoms with Crippen molar-refractivity contribution in [1.82, 2.24) is 5.32 Å². The maximum Gasteiger partial charge on any atom is 0.364 e.